The summed E-state index contributed by atoms with van der Waals surface area (Å²) in [5, 5.41) is 9.93. The molecule has 1 N–H and O–H groups in total. The Morgan fingerprint density at radius 2 is 2.24 bits per heavy atom. The summed E-state index contributed by atoms with van der Waals surface area (Å²) in [7, 11) is 0. The minimum absolute atomic E-state index is 0.0695. The van der Waals surface area contributed by atoms with Crippen LogP contribution in [0.4, 0.5) is 0 Å². The van der Waals surface area contributed by atoms with Crippen molar-refractivity contribution < 1.29 is 4.79 Å². The van der Waals surface area contributed by atoms with E-state index in [1.807, 2.05) is 18.2 Å². The molecule has 1 aliphatic carbocycles. The summed E-state index contributed by atoms with van der Waals surface area (Å²) in [6, 6.07) is 7.87. The van der Waals surface area contributed by atoms with Crippen molar-refractivity contribution in [2.75, 3.05) is 0 Å². The van der Waals surface area contributed by atoms with Gasteiger partial charge in [0.15, 0.2) is 5.69 Å². The van der Waals surface area contributed by atoms with Gasteiger partial charge in [0.05, 0.1) is 6.20 Å². The Bertz CT molecular complexity index is 529. The maximum atomic E-state index is 12.1. The molecule has 1 aliphatic rings. The highest BCUT2D eigenvalue weighted by Gasteiger charge is 2.20. The van der Waals surface area contributed by atoms with E-state index in [4.69, 9.17) is 0 Å². The molecular weight excluding hydrogens is 214 g/mol. The minimum Gasteiger partial charge on any atom is -0.287 e. The molecule has 3 rings (SSSR count). The first-order chi connectivity index (χ1) is 8.34. The van der Waals surface area contributed by atoms with Crippen LogP contribution in [0.25, 0.3) is 0 Å². The third-order valence-electron chi connectivity index (χ3n) is 3.37. The Morgan fingerprint density at radius 3 is 2.88 bits per heavy atom. The Balaban J connectivity index is 1.90. The molecule has 4 nitrogen and oxygen atoms in total. The monoisotopic (exact) mass is 227 g/mol. The first-order valence-electron chi connectivity index (χ1n) is 5.85. The van der Waals surface area contributed by atoms with E-state index in [1.54, 1.807) is 0 Å². The number of H-pyrrole nitrogens is 1. The summed E-state index contributed by atoms with van der Waals surface area (Å²) in [6.07, 6.45) is 5.23. The van der Waals surface area contributed by atoms with E-state index in [-0.39, 0.29) is 5.78 Å². The van der Waals surface area contributed by atoms with Crippen LogP contribution >= 0.6 is 0 Å². The van der Waals surface area contributed by atoms with E-state index in [1.165, 1.54) is 31.0 Å². The lowest BCUT2D eigenvalue weighted by molar-refractivity contribution is 0.103. The van der Waals surface area contributed by atoms with Crippen molar-refractivity contribution in [1.82, 2.24) is 15.4 Å². The van der Waals surface area contributed by atoms with Crippen LogP contribution in [0.1, 0.15) is 46.8 Å². The first kappa shape index (κ1) is 10.2. The van der Waals surface area contributed by atoms with Crippen LogP contribution in [0.3, 0.4) is 0 Å². The summed E-state index contributed by atoms with van der Waals surface area (Å²) in [6.45, 7) is 0. The lowest BCUT2D eigenvalue weighted by Crippen LogP contribution is -2.10. The van der Waals surface area contributed by atoms with Crippen molar-refractivity contribution in [3.8, 4) is 0 Å². The zero-order chi connectivity index (χ0) is 11.7. The van der Waals surface area contributed by atoms with E-state index in [0.717, 1.165) is 0 Å². The third-order valence-corrected chi connectivity index (χ3v) is 3.37. The number of carbonyl (C=O) groups is 1. The Hall–Kier alpha value is -1.97. The van der Waals surface area contributed by atoms with Crippen LogP contribution in [0.5, 0.6) is 0 Å². The van der Waals surface area contributed by atoms with Gasteiger partial charge in [0.1, 0.15) is 0 Å². The lowest BCUT2D eigenvalue weighted by Gasteiger charge is -2.25. The summed E-state index contributed by atoms with van der Waals surface area (Å²) < 4.78 is 0. The molecule has 0 saturated heterocycles. The number of benzene rings is 1. The number of aromatic amines is 1. The maximum absolute atomic E-state index is 12.1. The molecule has 1 saturated carbocycles. The molecule has 0 radical (unpaired) electrons. The predicted octanol–water partition coefficient (Wildman–Crippen LogP) is 2.30. The number of rotatable bonds is 3. The van der Waals surface area contributed by atoms with E-state index in [9.17, 15) is 4.79 Å². The number of ketones is 1. The van der Waals surface area contributed by atoms with Crippen LogP contribution in [0.15, 0.2) is 30.5 Å². The molecule has 0 unspecified atom stereocenters. The van der Waals surface area contributed by atoms with Crippen LogP contribution in [0.2, 0.25) is 0 Å². The highest BCUT2D eigenvalue weighted by atomic mass is 16.1. The summed E-state index contributed by atoms with van der Waals surface area (Å²) >= 11 is 0. The smallest absolute Gasteiger partial charge is 0.214 e. The van der Waals surface area contributed by atoms with Crippen molar-refractivity contribution in [2.45, 2.75) is 25.2 Å². The number of nitrogens with zero attached hydrogens (tertiary/aromatic N) is 2. The van der Waals surface area contributed by atoms with Gasteiger partial charge in [-0.15, -0.1) is 0 Å². The van der Waals surface area contributed by atoms with Crippen molar-refractivity contribution in [3.05, 3.63) is 47.3 Å². The quantitative estimate of drug-likeness (QED) is 0.818. The van der Waals surface area contributed by atoms with Gasteiger partial charge in [-0.2, -0.15) is 15.4 Å². The largest absolute Gasteiger partial charge is 0.287 e. The Morgan fingerprint density at radius 1 is 1.35 bits per heavy atom. The SMILES string of the molecule is O=C(c1cccc(C2CCC2)c1)c1cn[nH]n1. The van der Waals surface area contributed by atoms with Gasteiger partial charge in [0.25, 0.3) is 0 Å². The van der Waals surface area contributed by atoms with E-state index < -0.39 is 0 Å². The highest BCUT2D eigenvalue weighted by Crippen LogP contribution is 2.36. The van der Waals surface area contributed by atoms with Crippen molar-refractivity contribution in [1.29, 1.82) is 0 Å². The molecule has 0 spiro atoms. The standard InChI is InChI=1S/C13H13N3O/c17-13(12-8-14-16-15-12)11-6-2-5-10(7-11)9-3-1-4-9/h2,5-9H,1,3-4H2,(H,14,15,16). The van der Waals surface area contributed by atoms with Gasteiger partial charge < -0.3 is 0 Å². The third kappa shape index (κ3) is 1.86. The number of nitrogens with one attached hydrogen (secondary N) is 1. The van der Waals surface area contributed by atoms with E-state index in [2.05, 4.69) is 21.5 Å². The second-order valence-electron chi connectivity index (χ2n) is 4.44. The van der Waals surface area contributed by atoms with Gasteiger partial charge in [-0.25, -0.2) is 0 Å². The van der Waals surface area contributed by atoms with Crippen LogP contribution in [-0.4, -0.2) is 21.2 Å². The van der Waals surface area contributed by atoms with Gasteiger partial charge in [0, 0.05) is 5.56 Å². The minimum atomic E-state index is -0.0695. The molecule has 86 valence electrons. The fourth-order valence-corrected chi connectivity index (χ4v) is 2.13. The number of carbonyl (C=O) groups excluding carboxylic acids is 1. The zero-order valence-corrected chi connectivity index (χ0v) is 9.39. The first-order valence-corrected chi connectivity index (χ1v) is 5.85. The van der Waals surface area contributed by atoms with E-state index >= 15 is 0 Å². The zero-order valence-electron chi connectivity index (χ0n) is 9.39. The average molecular weight is 227 g/mol. The molecule has 1 aromatic carbocycles. The summed E-state index contributed by atoms with van der Waals surface area (Å²) in [5.74, 6) is 0.569. The van der Waals surface area contributed by atoms with Gasteiger partial charge >= 0.3 is 0 Å². The molecule has 0 atom stereocenters. The molecule has 1 fully saturated rings. The van der Waals surface area contributed by atoms with Crippen molar-refractivity contribution in [2.24, 2.45) is 0 Å². The topological polar surface area (TPSA) is 58.6 Å². The lowest BCUT2D eigenvalue weighted by atomic mass is 9.79. The molecule has 2 aromatic rings. The van der Waals surface area contributed by atoms with Crippen molar-refractivity contribution in [3.63, 3.8) is 0 Å². The van der Waals surface area contributed by atoms with Gasteiger partial charge in [-0.3, -0.25) is 4.79 Å². The molecule has 0 aliphatic heterocycles. The Kier molecular flexibility index (Phi) is 2.48. The maximum Gasteiger partial charge on any atom is 0.214 e. The number of hydrogen-bond donors (Lipinski definition) is 1. The van der Waals surface area contributed by atoms with E-state index in [0.29, 0.717) is 17.2 Å². The van der Waals surface area contributed by atoms with Crippen molar-refractivity contribution >= 4 is 5.78 Å². The van der Waals surface area contributed by atoms with Crippen LogP contribution in [-0.2, 0) is 0 Å². The highest BCUT2D eigenvalue weighted by molar-refractivity contribution is 6.07. The number of hydrogen-bond acceptors (Lipinski definition) is 3. The summed E-state index contributed by atoms with van der Waals surface area (Å²) in [4.78, 5) is 12.1. The second kappa shape index (κ2) is 4.13. The molecule has 4 heteroatoms. The number of aromatic nitrogens is 3. The van der Waals surface area contributed by atoms with Gasteiger partial charge in [0.2, 0.25) is 5.78 Å². The fraction of sp³-hybridized carbons (Fsp3) is 0.308. The average Bonchev–Trinajstić information content (AvgIpc) is 2.79. The fourth-order valence-electron chi connectivity index (χ4n) is 2.13. The second-order valence-corrected chi connectivity index (χ2v) is 4.44. The molecular formula is C13H13N3O. The molecule has 1 aromatic heterocycles. The summed E-state index contributed by atoms with van der Waals surface area (Å²) in [5.41, 5.74) is 2.34. The normalized spacial score (nSPS) is 15.5. The molecule has 0 bridgehead atoms. The molecule has 1 heterocycles. The van der Waals surface area contributed by atoms with Gasteiger partial charge in [-0.1, -0.05) is 24.6 Å². The van der Waals surface area contributed by atoms with Crippen LogP contribution < -0.4 is 0 Å². The molecule has 0 amide bonds. The predicted molar refractivity (Wildman–Crippen MR) is 62.8 cm³/mol. The van der Waals surface area contributed by atoms with Crippen LogP contribution in [0, 0.1) is 0 Å². The molecule has 17 heavy (non-hydrogen) atoms. The van der Waals surface area contributed by atoms with Gasteiger partial charge in [-0.05, 0) is 30.4 Å². The Labute approximate surface area is 99.1 Å².